The number of hydrogen-bond donors (Lipinski definition) is 0. The highest BCUT2D eigenvalue weighted by Gasteiger charge is 2.25. The summed E-state index contributed by atoms with van der Waals surface area (Å²) in [6, 6.07) is 10.9. The minimum absolute atomic E-state index is 0.0584. The zero-order chi connectivity index (χ0) is 22.5. The van der Waals surface area contributed by atoms with Crippen LogP contribution in [0.2, 0.25) is 0 Å². The standard InChI is InChI=1S/C23H26N2O6S/c1-28-18-5-3-16(13-20(18)29-2)23(27)25-9-7-24(8-10-25)22(26)15-32-17-4-6-19-21(14-17)31-12-11-30-19/h3-6,13-14H,7-12,15H2,1-2H3. The van der Waals surface area contributed by atoms with Crippen molar-refractivity contribution in [2.45, 2.75) is 4.90 Å². The molecule has 170 valence electrons. The SMILES string of the molecule is COc1ccc(C(=O)N2CCN(C(=O)CSc3ccc4c(c3)OCCO4)CC2)cc1OC. The summed E-state index contributed by atoms with van der Waals surface area (Å²) in [5.74, 6) is 2.87. The van der Waals surface area contributed by atoms with Crippen LogP contribution in [0.4, 0.5) is 0 Å². The lowest BCUT2D eigenvalue weighted by atomic mass is 10.1. The molecule has 0 bridgehead atoms. The Balaban J connectivity index is 1.28. The van der Waals surface area contributed by atoms with Crippen molar-refractivity contribution in [1.29, 1.82) is 0 Å². The third kappa shape index (κ3) is 4.88. The maximum atomic E-state index is 12.9. The van der Waals surface area contributed by atoms with Crippen molar-refractivity contribution in [3.8, 4) is 23.0 Å². The van der Waals surface area contributed by atoms with E-state index >= 15 is 0 Å². The van der Waals surface area contributed by atoms with Crippen molar-refractivity contribution >= 4 is 23.6 Å². The number of carbonyl (C=O) groups is 2. The molecule has 4 rings (SSSR count). The average molecular weight is 459 g/mol. The number of ether oxygens (including phenoxy) is 4. The van der Waals surface area contributed by atoms with E-state index in [1.54, 1.807) is 37.3 Å². The summed E-state index contributed by atoms with van der Waals surface area (Å²) in [7, 11) is 3.10. The van der Waals surface area contributed by atoms with Crippen LogP contribution in [-0.4, -0.2) is 81.0 Å². The van der Waals surface area contributed by atoms with Crippen LogP contribution in [0.25, 0.3) is 0 Å². The normalized spacial score (nSPS) is 15.3. The lowest BCUT2D eigenvalue weighted by Gasteiger charge is -2.35. The number of hydrogen-bond acceptors (Lipinski definition) is 7. The third-order valence-electron chi connectivity index (χ3n) is 5.43. The number of piperazine rings is 1. The summed E-state index contributed by atoms with van der Waals surface area (Å²) >= 11 is 1.47. The highest BCUT2D eigenvalue weighted by Crippen LogP contribution is 2.34. The van der Waals surface area contributed by atoms with Gasteiger partial charge in [0.15, 0.2) is 23.0 Å². The van der Waals surface area contributed by atoms with E-state index in [2.05, 4.69) is 0 Å². The number of rotatable bonds is 6. The van der Waals surface area contributed by atoms with E-state index in [-0.39, 0.29) is 11.8 Å². The second-order valence-electron chi connectivity index (χ2n) is 7.34. The number of fused-ring (bicyclic) bond motifs is 1. The van der Waals surface area contributed by atoms with Gasteiger partial charge in [0.2, 0.25) is 5.91 Å². The Kier molecular flexibility index (Phi) is 6.94. The third-order valence-corrected chi connectivity index (χ3v) is 6.40. The summed E-state index contributed by atoms with van der Waals surface area (Å²) in [4.78, 5) is 30.1. The highest BCUT2D eigenvalue weighted by atomic mass is 32.2. The van der Waals surface area contributed by atoms with Crippen LogP contribution in [0.1, 0.15) is 10.4 Å². The number of methoxy groups -OCH3 is 2. The minimum atomic E-state index is -0.0799. The summed E-state index contributed by atoms with van der Waals surface area (Å²) in [5.41, 5.74) is 0.539. The van der Waals surface area contributed by atoms with Gasteiger partial charge in [-0.25, -0.2) is 0 Å². The van der Waals surface area contributed by atoms with Gasteiger partial charge >= 0.3 is 0 Å². The summed E-state index contributed by atoms with van der Waals surface area (Å²) in [5, 5.41) is 0. The zero-order valence-corrected chi connectivity index (χ0v) is 19.0. The number of benzene rings is 2. The van der Waals surface area contributed by atoms with Crippen molar-refractivity contribution in [2.75, 3.05) is 59.4 Å². The Bertz CT molecular complexity index is 990. The van der Waals surface area contributed by atoms with E-state index in [9.17, 15) is 9.59 Å². The molecule has 1 fully saturated rings. The lowest BCUT2D eigenvalue weighted by molar-refractivity contribution is -0.129. The average Bonchev–Trinajstić information content (AvgIpc) is 2.86. The molecule has 2 aliphatic heterocycles. The predicted octanol–water partition coefficient (Wildman–Crippen LogP) is 2.55. The molecular weight excluding hydrogens is 432 g/mol. The summed E-state index contributed by atoms with van der Waals surface area (Å²) in [6.07, 6.45) is 0. The first-order valence-electron chi connectivity index (χ1n) is 10.4. The van der Waals surface area contributed by atoms with Crippen LogP contribution in [0.15, 0.2) is 41.3 Å². The zero-order valence-electron chi connectivity index (χ0n) is 18.2. The van der Waals surface area contributed by atoms with Crippen LogP contribution in [-0.2, 0) is 4.79 Å². The van der Waals surface area contributed by atoms with E-state index in [4.69, 9.17) is 18.9 Å². The maximum absolute atomic E-state index is 12.9. The van der Waals surface area contributed by atoms with Gasteiger partial charge in [-0.1, -0.05) is 0 Å². The Hall–Kier alpha value is -3.07. The molecule has 0 radical (unpaired) electrons. The predicted molar refractivity (Wildman–Crippen MR) is 120 cm³/mol. The fraction of sp³-hybridized carbons (Fsp3) is 0.391. The van der Waals surface area contributed by atoms with Crippen LogP contribution < -0.4 is 18.9 Å². The van der Waals surface area contributed by atoms with Crippen molar-refractivity contribution in [2.24, 2.45) is 0 Å². The van der Waals surface area contributed by atoms with Gasteiger partial charge in [-0.15, -0.1) is 11.8 Å². The van der Waals surface area contributed by atoms with Gasteiger partial charge < -0.3 is 28.7 Å². The van der Waals surface area contributed by atoms with Gasteiger partial charge in [-0.05, 0) is 36.4 Å². The Morgan fingerprint density at radius 2 is 1.56 bits per heavy atom. The molecule has 2 aromatic carbocycles. The fourth-order valence-electron chi connectivity index (χ4n) is 3.66. The van der Waals surface area contributed by atoms with Crippen molar-refractivity contribution < 1.29 is 28.5 Å². The molecule has 9 heteroatoms. The topological polar surface area (TPSA) is 77.5 Å². The first kappa shape index (κ1) is 22.1. The van der Waals surface area contributed by atoms with Crippen LogP contribution >= 0.6 is 11.8 Å². The van der Waals surface area contributed by atoms with E-state index in [1.165, 1.54) is 11.8 Å². The molecule has 2 aliphatic rings. The summed E-state index contributed by atoms with van der Waals surface area (Å²) < 4.78 is 21.7. The largest absolute Gasteiger partial charge is 0.493 e. The van der Waals surface area contributed by atoms with Gasteiger partial charge in [0, 0.05) is 36.6 Å². The number of thioether (sulfide) groups is 1. The maximum Gasteiger partial charge on any atom is 0.254 e. The molecule has 0 aromatic heterocycles. The second-order valence-corrected chi connectivity index (χ2v) is 8.39. The first-order chi connectivity index (χ1) is 15.6. The van der Waals surface area contributed by atoms with E-state index in [0.29, 0.717) is 62.2 Å². The molecule has 0 unspecified atom stereocenters. The van der Waals surface area contributed by atoms with Crippen molar-refractivity contribution in [1.82, 2.24) is 9.80 Å². The van der Waals surface area contributed by atoms with Gasteiger partial charge in [0.25, 0.3) is 5.91 Å². The van der Waals surface area contributed by atoms with Crippen molar-refractivity contribution in [3.63, 3.8) is 0 Å². The molecule has 0 saturated carbocycles. The first-order valence-corrected chi connectivity index (χ1v) is 11.4. The van der Waals surface area contributed by atoms with Gasteiger partial charge in [-0.2, -0.15) is 0 Å². The molecular formula is C23H26N2O6S. The van der Waals surface area contributed by atoms with Gasteiger partial charge in [-0.3, -0.25) is 9.59 Å². The number of amides is 2. The van der Waals surface area contributed by atoms with Gasteiger partial charge in [0.1, 0.15) is 13.2 Å². The molecule has 0 N–H and O–H groups in total. The smallest absolute Gasteiger partial charge is 0.254 e. The number of carbonyl (C=O) groups excluding carboxylic acids is 2. The molecule has 0 spiro atoms. The molecule has 2 amide bonds. The highest BCUT2D eigenvalue weighted by molar-refractivity contribution is 8.00. The molecule has 0 atom stereocenters. The number of nitrogens with zero attached hydrogens (tertiary/aromatic N) is 2. The Morgan fingerprint density at radius 3 is 2.28 bits per heavy atom. The lowest BCUT2D eigenvalue weighted by Crippen LogP contribution is -2.51. The quantitative estimate of drug-likeness (QED) is 0.616. The summed E-state index contributed by atoms with van der Waals surface area (Å²) in [6.45, 7) is 3.10. The van der Waals surface area contributed by atoms with E-state index in [1.807, 2.05) is 23.1 Å². The second kappa shape index (κ2) is 10.0. The Labute approximate surface area is 191 Å². The molecule has 2 heterocycles. The van der Waals surface area contributed by atoms with Crippen LogP contribution in [0.3, 0.4) is 0 Å². The molecule has 1 saturated heterocycles. The van der Waals surface area contributed by atoms with Crippen molar-refractivity contribution in [3.05, 3.63) is 42.0 Å². The van der Waals surface area contributed by atoms with E-state index < -0.39 is 0 Å². The molecule has 8 nitrogen and oxygen atoms in total. The van der Waals surface area contributed by atoms with Gasteiger partial charge in [0.05, 0.1) is 20.0 Å². The molecule has 0 aliphatic carbocycles. The van der Waals surface area contributed by atoms with E-state index in [0.717, 1.165) is 16.4 Å². The fourth-order valence-corrected chi connectivity index (χ4v) is 4.49. The molecule has 32 heavy (non-hydrogen) atoms. The molecule has 2 aromatic rings. The Morgan fingerprint density at radius 1 is 0.875 bits per heavy atom. The monoisotopic (exact) mass is 458 g/mol. The van der Waals surface area contributed by atoms with Crippen LogP contribution in [0.5, 0.6) is 23.0 Å². The minimum Gasteiger partial charge on any atom is -0.493 e. The van der Waals surface area contributed by atoms with Crippen LogP contribution in [0, 0.1) is 0 Å².